The van der Waals surface area contributed by atoms with Crippen LogP contribution in [0.15, 0.2) is 10.6 Å². The minimum Gasteiger partial charge on any atom is -0.390 e. The molecular weight excluding hydrogens is 350 g/mol. The molecule has 0 aromatic carbocycles. The van der Waals surface area contributed by atoms with Crippen molar-refractivity contribution in [1.29, 1.82) is 0 Å². The first-order valence-electron chi connectivity index (χ1n) is 11.4. The summed E-state index contributed by atoms with van der Waals surface area (Å²) in [5, 5.41) is 14.6. The molecule has 8 atom stereocenters. The average molecular weight is 386 g/mol. The quantitative estimate of drug-likeness (QED) is 0.696. The van der Waals surface area contributed by atoms with Crippen LogP contribution in [0.2, 0.25) is 0 Å². The standard InChI is InChI=1S/C24H35NO3/c1-22(27)10-11-23(2)15(13-22)4-5-17-18-6-7-20(21-12-16(14-26)25-28-21)24(18,3)9-8-19(17)23/h12,14-15,17-20,27H,4-11,13H2,1-3H3/t15-,17-,18-,19-,20?,22+,23-,24-/m0/s1. The molecule has 154 valence electrons. The summed E-state index contributed by atoms with van der Waals surface area (Å²) in [6, 6.07) is 1.87. The second-order valence-corrected chi connectivity index (χ2v) is 11.3. The Morgan fingerprint density at radius 2 is 1.82 bits per heavy atom. The summed E-state index contributed by atoms with van der Waals surface area (Å²) in [5.74, 6) is 4.38. The fourth-order valence-corrected chi connectivity index (χ4v) is 8.42. The maximum absolute atomic E-state index is 11.1. The molecule has 0 saturated heterocycles. The Kier molecular flexibility index (Phi) is 4.15. The summed E-state index contributed by atoms with van der Waals surface area (Å²) in [5.41, 5.74) is 0.644. The predicted molar refractivity (Wildman–Crippen MR) is 107 cm³/mol. The molecule has 0 spiro atoms. The monoisotopic (exact) mass is 385 g/mol. The van der Waals surface area contributed by atoms with E-state index in [1.165, 1.54) is 38.5 Å². The molecule has 0 bridgehead atoms. The summed E-state index contributed by atoms with van der Waals surface area (Å²) in [6.45, 7) is 7.07. The summed E-state index contributed by atoms with van der Waals surface area (Å²) in [6.07, 6.45) is 11.5. The lowest BCUT2D eigenvalue weighted by atomic mass is 9.44. The van der Waals surface area contributed by atoms with Gasteiger partial charge in [0.1, 0.15) is 11.5 Å². The first-order chi connectivity index (χ1) is 13.3. The van der Waals surface area contributed by atoms with E-state index >= 15 is 0 Å². The van der Waals surface area contributed by atoms with Gasteiger partial charge in [-0.05, 0) is 99.2 Å². The van der Waals surface area contributed by atoms with Crippen LogP contribution in [0.5, 0.6) is 0 Å². The number of rotatable bonds is 2. The van der Waals surface area contributed by atoms with Gasteiger partial charge in [-0.1, -0.05) is 19.0 Å². The molecule has 28 heavy (non-hydrogen) atoms. The van der Waals surface area contributed by atoms with Crippen LogP contribution < -0.4 is 0 Å². The highest BCUT2D eigenvalue weighted by atomic mass is 16.5. The zero-order valence-electron chi connectivity index (χ0n) is 17.6. The van der Waals surface area contributed by atoms with Gasteiger partial charge < -0.3 is 9.63 Å². The van der Waals surface area contributed by atoms with Crippen LogP contribution in [-0.2, 0) is 0 Å². The van der Waals surface area contributed by atoms with E-state index in [4.69, 9.17) is 4.52 Å². The zero-order valence-corrected chi connectivity index (χ0v) is 17.6. The number of aliphatic hydroxyl groups is 1. The molecule has 1 aromatic heterocycles. The van der Waals surface area contributed by atoms with Crippen molar-refractivity contribution in [2.75, 3.05) is 0 Å². The number of carbonyl (C=O) groups is 1. The van der Waals surface area contributed by atoms with E-state index in [2.05, 4.69) is 19.0 Å². The van der Waals surface area contributed by atoms with Crippen molar-refractivity contribution in [3.63, 3.8) is 0 Å². The molecule has 1 heterocycles. The van der Waals surface area contributed by atoms with E-state index in [-0.39, 0.29) is 5.41 Å². The van der Waals surface area contributed by atoms with Gasteiger partial charge in [-0.15, -0.1) is 0 Å². The Labute approximate surface area is 168 Å². The Bertz CT molecular complexity index is 770. The van der Waals surface area contributed by atoms with Gasteiger partial charge in [0, 0.05) is 12.0 Å². The van der Waals surface area contributed by atoms with Crippen molar-refractivity contribution in [2.24, 2.45) is 34.5 Å². The van der Waals surface area contributed by atoms with Crippen LogP contribution in [-0.4, -0.2) is 22.2 Å². The van der Waals surface area contributed by atoms with Gasteiger partial charge in [0.2, 0.25) is 0 Å². The number of carbonyl (C=O) groups excluding carboxylic acids is 1. The Morgan fingerprint density at radius 3 is 2.57 bits per heavy atom. The van der Waals surface area contributed by atoms with Crippen molar-refractivity contribution in [2.45, 2.75) is 90.1 Å². The highest BCUT2D eigenvalue weighted by Crippen LogP contribution is 2.69. The van der Waals surface area contributed by atoms with E-state index < -0.39 is 5.60 Å². The third-order valence-corrected chi connectivity index (χ3v) is 9.96. The summed E-state index contributed by atoms with van der Waals surface area (Å²) < 4.78 is 5.61. The molecule has 1 N–H and O–H groups in total. The van der Waals surface area contributed by atoms with Gasteiger partial charge in [0.05, 0.1) is 5.60 Å². The smallest absolute Gasteiger partial charge is 0.171 e. The minimum absolute atomic E-state index is 0.268. The number of hydrogen-bond acceptors (Lipinski definition) is 4. The van der Waals surface area contributed by atoms with E-state index in [0.717, 1.165) is 49.1 Å². The van der Waals surface area contributed by atoms with E-state index in [1.54, 1.807) is 0 Å². The second-order valence-electron chi connectivity index (χ2n) is 11.3. The van der Waals surface area contributed by atoms with Crippen molar-refractivity contribution in [3.8, 4) is 0 Å². The highest BCUT2D eigenvalue weighted by Gasteiger charge is 2.61. The molecule has 4 fully saturated rings. The number of hydrogen-bond donors (Lipinski definition) is 1. The van der Waals surface area contributed by atoms with Crippen LogP contribution in [0, 0.1) is 34.5 Å². The molecule has 1 unspecified atom stereocenters. The molecule has 5 rings (SSSR count). The fourth-order valence-electron chi connectivity index (χ4n) is 8.42. The summed E-state index contributed by atoms with van der Waals surface area (Å²) in [4.78, 5) is 11.1. The number of nitrogens with zero attached hydrogens (tertiary/aromatic N) is 1. The third-order valence-electron chi connectivity index (χ3n) is 9.96. The van der Waals surface area contributed by atoms with Crippen LogP contribution in [0.4, 0.5) is 0 Å². The minimum atomic E-state index is -0.457. The van der Waals surface area contributed by atoms with E-state index in [0.29, 0.717) is 22.9 Å². The molecule has 0 radical (unpaired) electrons. The Balaban J connectivity index is 1.41. The second kappa shape index (κ2) is 6.17. The van der Waals surface area contributed by atoms with Gasteiger partial charge >= 0.3 is 0 Å². The Morgan fingerprint density at radius 1 is 1.04 bits per heavy atom. The topological polar surface area (TPSA) is 63.3 Å². The van der Waals surface area contributed by atoms with Gasteiger partial charge in [0.25, 0.3) is 0 Å². The molecule has 4 nitrogen and oxygen atoms in total. The van der Waals surface area contributed by atoms with E-state index in [9.17, 15) is 9.90 Å². The van der Waals surface area contributed by atoms with Gasteiger partial charge in [0.15, 0.2) is 6.29 Å². The lowest BCUT2D eigenvalue weighted by Crippen LogP contribution is -2.55. The molecule has 4 saturated carbocycles. The van der Waals surface area contributed by atoms with Gasteiger partial charge in [-0.25, -0.2) is 0 Å². The highest BCUT2D eigenvalue weighted by molar-refractivity contribution is 5.71. The van der Waals surface area contributed by atoms with Gasteiger partial charge in [-0.2, -0.15) is 0 Å². The predicted octanol–water partition coefficient (Wildman–Crippen LogP) is 5.36. The van der Waals surface area contributed by atoms with Crippen LogP contribution in [0.1, 0.15) is 101 Å². The molecule has 4 aliphatic rings. The summed E-state index contributed by atoms with van der Waals surface area (Å²) in [7, 11) is 0. The maximum atomic E-state index is 11.1. The first kappa shape index (κ1) is 18.8. The first-order valence-corrected chi connectivity index (χ1v) is 11.4. The zero-order chi connectivity index (χ0) is 19.7. The largest absolute Gasteiger partial charge is 0.390 e. The third kappa shape index (κ3) is 2.59. The molecule has 0 amide bonds. The van der Waals surface area contributed by atoms with Crippen molar-refractivity contribution in [1.82, 2.24) is 5.16 Å². The fraction of sp³-hybridized carbons (Fsp3) is 0.833. The molecule has 4 aliphatic carbocycles. The maximum Gasteiger partial charge on any atom is 0.171 e. The van der Waals surface area contributed by atoms with Gasteiger partial charge in [-0.3, -0.25) is 4.79 Å². The number of aromatic nitrogens is 1. The van der Waals surface area contributed by atoms with E-state index in [1.807, 2.05) is 13.0 Å². The number of aldehydes is 1. The SMILES string of the molecule is C[C@@]1(O)CC[C@@]2(C)[C@@H](CC[C@@H]3[C@@H]2CC[C@]2(C)C(c4cc(C=O)no4)CC[C@@H]32)C1. The Hall–Kier alpha value is -1.16. The lowest BCUT2D eigenvalue weighted by Gasteiger charge is -2.61. The van der Waals surface area contributed by atoms with Crippen molar-refractivity contribution < 1.29 is 14.4 Å². The van der Waals surface area contributed by atoms with Crippen molar-refractivity contribution >= 4 is 6.29 Å². The number of fused-ring (bicyclic) bond motifs is 5. The van der Waals surface area contributed by atoms with Crippen LogP contribution in [0.3, 0.4) is 0 Å². The summed E-state index contributed by atoms with van der Waals surface area (Å²) >= 11 is 0. The van der Waals surface area contributed by atoms with Crippen molar-refractivity contribution in [3.05, 3.63) is 17.5 Å². The van der Waals surface area contributed by atoms with Crippen LogP contribution in [0.25, 0.3) is 0 Å². The average Bonchev–Trinajstić information content (AvgIpc) is 3.25. The van der Waals surface area contributed by atoms with Crippen LogP contribution >= 0.6 is 0 Å². The molecular formula is C24H35NO3. The molecule has 1 aromatic rings. The molecule has 4 heteroatoms. The molecule has 0 aliphatic heterocycles. The lowest BCUT2D eigenvalue weighted by molar-refractivity contribution is -0.144. The normalized spacial score (nSPS) is 50.5.